The Balaban J connectivity index is 1.96. The maximum atomic E-state index is 11.0. The third-order valence-electron chi connectivity index (χ3n) is 4.36. The second kappa shape index (κ2) is 10.7. The minimum absolute atomic E-state index is 0.00283. The van der Waals surface area contributed by atoms with Crippen molar-refractivity contribution in [2.24, 2.45) is 0 Å². The largest absolute Gasteiger partial charge is 0.478 e. The zero-order chi connectivity index (χ0) is 17.9. The van der Waals surface area contributed by atoms with E-state index >= 15 is 0 Å². The number of carboxylic acids is 1. The first-order chi connectivity index (χ1) is 12.2. The Bertz CT molecular complexity index is 619. The van der Waals surface area contributed by atoms with Crippen molar-refractivity contribution in [1.82, 2.24) is 0 Å². The molecule has 0 saturated heterocycles. The molecule has 0 aliphatic heterocycles. The van der Waals surface area contributed by atoms with E-state index in [0.29, 0.717) is 5.56 Å². The van der Waals surface area contributed by atoms with E-state index in [-0.39, 0.29) is 6.10 Å². The van der Waals surface area contributed by atoms with Gasteiger partial charge in [-0.25, -0.2) is 4.79 Å². The summed E-state index contributed by atoms with van der Waals surface area (Å²) in [5, 5.41) is 9.02. The van der Waals surface area contributed by atoms with E-state index in [2.05, 4.69) is 19.1 Å². The zero-order valence-electron chi connectivity index (χ0n) is 15.0. The summed E-state index contributed by atoms with van der Waals surface area (Å²) in [5.74, 6) is -0.894. The average Bonchev–Trinajstić information content (AvgIpc) is 2.64. The first-order valence-electron chi connectivity index (χ1n) is 9.19. The molecule has 25 heavy (non-hydrogen) atoms. The summed E-state index contributed by atoms with van der Waals surface area (Å²) in [6, 6.07) is 17.3. The summed E-state index contributed by atoms with van der Waals surface area (Å²) in [5.41, 5.74) is 2.57. The van der Waals surface area contributed by atoms with E-state index in [0.717, 1.165) is 25.0 Å². The maximum Gasteiger partial charge on any atom is 0.335 e. The Morgan fingerprint density at radius 1 is 0.960 bits per heavy atom. The van der Waals surface area contributed by atoms with E-state index in [1.165, 1.54) is 31.2 Å². The normalized spacial score (nSPS) is 12.0. The molecular weight excluding hydrogens is 312 g/mol. The molecule has 1 N–H and O–H groups in total. The number of carbonyl (C=O) groups is 1. The summed E-state index contributed by atoms with van der Waals surface area (Å²) in [6.45, 7) is 2.98. The molecule has 2 rings (SSSR count). The van der Waals surface area contributed by atoms with E-state index in [4.69, 9.17) is 9.84 Å². The summed E-state index contributed by atoms with van der Waals surface area (Å²) in [6.07, 6.45) is 6.86. The third-order valence-corrected chi connectivity index (χ3v) is 4.36. The van der Waals surface area contributed by atoms with Crippen LogP contribution in [0.4, 0.5) is 0 Å². The van der Waals surface area contributed by atoms with Crippen LogP contribution >= 0.6 is 0 Å². The standard InChI is InChI=1S/C22H28O3/c1-2-3-4-5-9-16-25-21(19-10-7-6-8-11-19)17-18-12-14-20(15-13-18)22(23)24/h6-8,10-15,21H,2-5,9,16-17H2,1H3,(H,23,24). The Hall–Kier alpha value is -2.13. The van der Waals surface area contributed by atoms with Gasteiger partial charge in [-0.1, -0.05) is 75.1 Å². The van der Waals surface area contributed by atoms with Gasteiger partial charge in [0.1, 0.15) is 0 Å². The lowest BCUT2D eigenvalue weighted by molar-refractivity contribution is 0.0500. The number of rotatable bonds is 11. The minimum atomic E-state index is -0.894. The van der Waals surface area contributed by atoms with Crippen molar-refractivity contribution in [2.45, 2.75) is 51.6 Å². The molecule has 0 amide bonds. The van der Waals surface area contributed by atoms with Gasteiger partial charge < -0.3 is 9.84 Å². The average molecular weight is 340 g/mol. The number of benzene rings is 2. The van der Waals surface area contributed by atoms with Gasteiger partial charge in [0.05, 0.1) is 11.7 Å². The molecule has 0 aliphatic carbocycles. The van der Waals surface area contributed by atoms with Crippen LogP contribution in [0.5, 0.6) is 0 Å². The highest BCUT2D eigenvalue weighted by molar-refractivity contribution is 5.87. The molecule has 3 heteroatoms. The van der Waals surface area contributed by atoms with Crippen LogP contribution in [0, 0.1) is 0 Å². The van der Waals surface area contributed by atoms with Gasteiger partial charge in [0.25, 0.3) is 0 Å². The van der Waals surface area contributed by atoms with Crippen LogP contribution in [0.2, 0.25) is 0 Å². The lowest BCUT2D eigenvalue weighted by Gasteiger charge is -2.19. The van der Waals surface area contributed by atoms with Gasteiger partial charge in [0.2, 0.25) is 0 Å². The second-order valence-electron chi connectivity index (χ2n) is 6.39. The molecule has 3 nitrogen and oxygen atoms in total. The molecule has 0 aromatic heterocycles. The van der Waals surface area contributed by atoms with E-state index in [1.807, 2.05) is 30.3 Å². The molecule has 2 aromatic rings. The Morgan fingerprint density at radius 3 is 2.28 bits per heavy atom. The predicted octanol–water partition coefficient (Wildman–Crippen LogP) is 5.66. The summed E-state index contributed by atoms with van der Waals surface area (Å²) in [7, 11) is 0. The minimum Gasteiger partial charge on any atom is -0.478 e. The van der Waals surface area contributed by atoms with E-state index < -0.39 is 5.97 Å². The van der Waals surface area contributed by atoms with Crippen LogP contribution < -0.4 is 0 Å². The third kappa shape index (κ3) is 6.71. The molecule has 0 bridgehead atoms. The Labute approximate surface area is 150 Å². The lowest BCUT2D eigenvalue weighted by atomic mass is 10.0. The number of ether oxygens (including phenoxy) is 1. The highest BCUT2D eigenvalue weighted by Gasteiger charge is 2.13. The Kier molecular flexibility index (Phi) is 8.20. The van der Waals surface area contributed by atoms with Gasteiger partial charge in [-0.2, -0.15) is 0 Å². The van der Waals surface area contributed by atoms with Crippen molar-refractivity contribution in [3.05, 3.63) is 71.3 Å². The van der Waals surface area contributed by atoms with Crippen LogP contribution in [-0.2, 0) is 11.2 Å². The maximum absolute atomic E-state index is 11.0. The van der Waals surface area contributed by atoms with E-state index in [1.54, 1.807) is 12.1 Å². The Morgan fingerprint density at radius 2 is 1.64 bits per heavy atom. The van der Waals surface area contributed by atoms with Crippen LogP contribution in [0.1, 0.15) is 66.6 Å². The van der Waals surface area contributed by atoms with Gasteiger partial charge in [-0.15, -0.1) is 0 Å². The predicted molar refractivity (Wildman–Crippen MR) is 101 cm³/mol. The fourth-order valence-corrected chi connectivity index (χ4v) is 2.87. The smallest absolute Gasteiger partial charge is 0.335 e. The fourth-order valence-electron chi connectivity index (χ4n) is 2.87. The zero-order valence-corrected chi connectivity index (χ0v) is 15.0. The second-order valence-corrected chi connectivity index (χ2v) is 6.39. The molecule has 0 saturated carbocycles. The van der Waals surface area contributed by atoms with Crippen LogP contribution in [-0.4, -0.2) is 17.7 Å². The van der Waals surface area contributed by atoms with Gasteiger partial charge in [0.15, 0.2) is 0 Å². The van der Waals surface area contributed by atoms with Crippen molar-refractivity contribution >= 4 is 5.97 Å². The molecule has 0 radical (unpaired) electrons. The van der Waals surface area contributed by atoms with Gasteiger partial charge in [-0.3, -0.25) is 0 Å². The molecule has 134 valence electrons. The molecule has 0 heterocycles. The van der Waals surface area contributed by atoms with Gasteiger partial charge in [-0.05, 0) is 29.7 Å². The first kappa shape index (κ1) is 19.2. The number of carboxylic acid groups (broad SMARTS) is 1. The molecule has 1 unspecified atom stereocenters. The van der Waals surface area contributed by atoms with Crippen LogP contribution in [0.15, 0.2) is 54.6 Å². The molecule has 0 aliphatic rings. The highest BCUT2D eigenvalue weighted by Crippen LogP contribution is 2.23. The molecular formula is C22H28O3. The van der Waals surface area contributed by atoms with Crippen LogP contribution in [0.3, 0.4) is 0 Å². The number of aromatic carboxylic acids is 1. The molecule has 2 aromatic carbocycles. The lowest BCUT2D eigenvalue weighted by Crippen LogP contribution is -2.09. The van der Waals surface area contributed by atoms with Crippen molar-refractivity contribution in [1.29, 1.82) is 0 Å². The van der Waals surface area contributed by atoms with E-state index in [9.17, 15) is 4.79 Å². The number of hydrogen-bond acceptors (Lipinski definition) is 2. The first-order valence-corrected chi connectivity index (χ1v) is 9.19. The van der Waals surface area contributed by atoms with Crippen LogP contribution in [0.25, 0.3) is 0 Å². The number of hydrogen-bond donors (Lipinski definition) is 1. The monoisotopic (exact) mass is 340 g/mol. The topological polar surface area (TPSA) is 46.5 Å². The summed E-state index contributed by atoms with van der Waals surface area (Å²) >= 11 is 0. The van der Waals surface area contributed by atoms with Gasteiger partial charge >= 0.3 is 5.97 Å². The van der Waals surface area contributed by atoms with Crippen molar-refractivity contribution in [3.63, 3.8) is 0 Å². The summed E-state index contributed by atoms with van der Waals surface area (Å²) in [4.78, 5) is 11.0. The SMILES string of the molecule is CCCCCCCOC(Cc1ccc(C(=O)O)cc1)c1ccccc1. The van der Waals surface area contributed by atoms with Crippen molar-refractivity contribution < 1.29 is 14.6 Å². The fraction of sp³-hybridized carbons (Fsp3) is 0.409. The highest BCUT2D eigenvalue weighted by atomic mass is 16.5. The van der Waals surface area contributed by atoms with Crippen molar-refractivity contribution in [3.8, 4) is 0 Å². The number of unbranched alkanes of at least 4 members (excludes halogenated alkanes) is 4. The summed E-state index contributed by atoms with van der Waals surface area (Å²) < 4.78 is 6.17. The quantitative estimate of drug-likeness (QED) is 0.537. The van der Waals surface area contributed by atoms with Gasteiger partial charge in [0, 0.05) is 13.0 Å². The van der Waals surface area contributed by atoms with Crippen molar-refractivity contribution in [2.75, 3.05) is 6.61 Å². The molecule has 1 atom stereocenters. The molecule has 0 spiro atoms. The molecule has 0 fully saturated rings.